The van der Waals surface area contributed by atoms with Crippen LogP contribution in [0.2, 0.25) is 0 Å². The number of likely N-dealkylation sites (tertiary alicyclic amines) is 1. The fraction of sp³-hybridized carbons (Fsp3) is 0.538. The van der Waals surface area contributed by atoms with Gasteiger partial charge in [-0.05, 0) is 35.3 Å². The van der Waals surface area contributed by atoms with Crippen LogP contribution in [-0.4, -0.2) is 78.9 Å². The lowest BCUT2D eigenvalue weighted by Crippen LogP contribution is -2.53. The van der Waals surface area contributed by atoms with E-state index in [9.17, 15) is 9.59 Å². The van der Waals surface area contributed by atoms with Crippen LogP contribution >= 0.6 is 11.3 Å². The molecule has 3 atom stereocenters. The molecule has 0 radical (unpaired) electrons. The first kappa shape index (κ1) is 23.9. The Morgan fingerprint density at radius 3 is 2.18 bits per heavy atom. The van der Waals surface area contributed by atoms with Crippen molar-refractivity contribution in [2.75, 3.05) is 52.4 Å². The molecular weight excluding hydrogens is 432 g/mol. The second kappa shape index (κ2) is 11.3. The monoisotopic (exact) mass is 468 g/mol. The zero-order valence-corrected chi connectivity index (χ0v) is 20.6. The average molecular weight is 469 g/mol. The second-order valence-corrected chi connectivity index (χ2v) is 10.7. The molecule has 0 aliphatic carbocycles. The Hall–Kier alpha value is -2.22. The van der Waals surface area contributed by atoms with Gasteiger partial charge in [0.05, 0.1) is 19.1 Å². The van der Waals surface area contributed by atoms with Crippen molar-refractivity contribution in [1.82, 2.24) is 20.0 Å². The molecule has 6 nitrogen and oxygen atoms in total. The molecule has 2 aliphatic rings. The van der Waals surface area contributed by atoms with Crippen molar-refractivity contribution >= 4 is 23.2 Å². The summed E-state index contributed by atoms with van der Waals surface area (Å²) in [4.78, 5) is 33.3. The Kier molecular flexibility index (Phi) is 8.17. The Balaban J connectivity index is 1.25. The van der Waals surface area contributed by atoms with Crippen molar-refractivity contribution in [2.45, 2.75) is 26.3 Å². The van der Waals surface area contributed by atoms with Gasteiger partial charge in [0, 0.05) is 44.1 Å². The van der Waals surface area contributed by atoms with Crippen molar-refractivity contribution in [3.8, 4) is 0 Å². The molecular formula is C26H36N4O2S. The molecule has 2 fully saturated rings. The van der Waals surface area contributed by atoms with Gasteiger partial charge in [0.25, 0.3) is 0 Å². The minimum absolute atomic E-state index is 0.0399. The maximum atomic E-state index is 12.9. The molecule has 2 aliphatic heterocycles. The van der Waals surface area contributed by atoms with Gasteiger partial charge in [0.15, 0.2) is 0 Å². The molecule has 1 N–H and O–H groups in total. The van der Waals surface area contributed by atoms with E-state index < -0.39 is 0 Å². The van der Waals surface area contributed by atoms with Crippen molar-refractivity contribution in [3.05, 3.63) is 58.3 Å². The van der Waals surface area contributed by atoms with Crippen LogP contribution in [-0.2, 0) is 9.59 Å². The lowest BCUT2D eigenvalue weighted by Gasteiger charge is -2.38. The Morgan fingerprint density at radius 2 is 1.58 bits per heavy atom. The molecule has 1 aromatic heterocycles. The lowest BCUT2D eigenvalue weighted by atomic mass is 9.92. The van der Waals surface area contributed by atoms with Crippen LogP contribution in [0.3, 0.4) is 0 Å². The summed E-state index contributed by atoms with van der Waals surface area (Å²) in [5, 5.41) is 5.28. The van der Waals surface area contributed by atoms with E-state index >= 15 is 0 Å². The highest BCUT2D eigenvalue weighted by atomic mass is 32.1. The van der Waals surface area contributed by atoms with Crippen LogP contribution in [0.1, 0.15) is 36.8 Å². The number of carbonyl (C=O) groups is 2. The van der Waals surface area contributed by atoms with Gasteiger partial charge in [-0.25, -0.2) is 0 Å². The number of piperazine rings is 1. The SMILES string of the molecule is CC1CC(C)CN(C(=O)CN2CCN(CC(=O)NC(c3ccccc3)c3cccs3)CC2)C1. The summed E-state index contributed by atoms with van der Waals surface area (Å²) in [6.07, 6.45) is 1.21. The molecule has 3 heterocycles. The zero-order valence-electron chi connectivity index (χ0n) is 19.8. The minimum atomic E-state index is -0.119. The lowest BCUT2D eigenvalue weighted by molar-refractivity contribution is -0.135. The Morgan fingerprint density at radius 1 is 0.939 bits per heavy atom. The highest BCUT2D eigenvalue weighted by Gasteiger charge is 2.28. The molecule has 0 saturated carbocycles. The number of nitrogens with one attached hydrogen (secondary N) is 1. The number of nitrogens with zero attached hydrogens (tertiary/aromatic N) is 3. The third-order valence-electron chi connectivity index (χ3n) is 6.68. The Bertz CT molecular complexity index is 886. The van der Waals surface area contributed by atoms with Gasteiger partial charge in [-0.1, -0.05) is 50.2 Å². The number of thiophene rings is 1. The predicted octanol–water partition coefficient (Wildman–Crippen LogP) is 3.08. The number of hydrogen-bond donors (Lipinski definition) is 1. The van der Waals surface area contributed by atoms with E-state index in [2.05, 4.69) is 47.2 Å². The summed E-state index contributed by atoms with van der Waals surface area (Å²) in [6, 6.07) is 14.1. The molecule has 0 spiro atoms. The van der Waals surface area contributed by atoms with Crippen LogP contribution < -0.4 is 5.32 Å². The standard InChI is InChI=1S/C26H36N4O2S/c1-20-15-21(2)17-30(16-20)25(32)19-29-12-10-28(11-13-29)18-24(31)27-26(23-9-6-14-33-23)22-7-4-3-5-8-22/h3-9,14,20-21,26H,10-13,15-19H2,1-2H3,(H,27,31). The summed E-state index contributed by atoms with van der Waals surface area (Å²) in [5.74, 6) is 1.46. The van der Waals surface area contributed by atoms with E-state index in [1.165, 1.54) is 6.42 Å². The third kappa shape index (κ3) is 6.65. The first-order valence-corrected chi connectivity index (χ1v) is 13.0. The van der Waals surface area contributed by atoms with Gasteiger partial charge in [-0.3, -0.25) is 19.4 Å². The highest BCUT2D eigenvalue weighted by Crippen LogP contribution is 2.26. The number of benzene rings is 1. The van der Waals surface area contributed by atoms with E-state index in [1.54, 1.807) is 11.3 Å². The zero-order chi connectivity index (χ0) is 23.2. The van der Waals surface area contributed by atoms with Crippen LogP contribution in [0.15, 0.2) is 47.8 Å². The molecule has 2 aromatic rings. The summed E-state index contributed by atoms with van der Waals surface area (Å²) in [5.41, 5.74) is 1.10. The predicted molar refractivity (Wildman–Crippen MR) is 133 cm³/mol. The van der Waals surface area contributed by atoms with E-state index in [4.69, 9.17) is 0 Å². The van der Waals surface area contributed by atoms with Crippen molar-refractivity contribution in [3.63, 3.8) is 0 Å². The number of rotatable bonds is 7. The van der Waals surface area contributed by atoms with E-state index in [1.807, 2.05) is 34.5 Å². The van der Waals surface area contributed by atoms with E-state index in [0.717, 1.165) is 49.7 Å². The number of amides is 2. The Labute approximate surface area is 201 Å². The van der Waals surface area contributed by atoms with Gasteiger partial charge < -0.3 is 10.2 Å². The summed E-state index contributed by atoms with van der Waals surface area (Å²) in [6.45, 7) is 10.4. The van der Waals surface area contributed by atoms with Gasteiger partial charge in [0.2, 0.25) is 11.8 Å². The first-order valence-electron chi connectivity index (χ1n) is 12.1. The van der Waals surface area contributed by atoms with Crippen LogP contribution in [0.5, 0.6) is 0 Å². The molecule has 33 heavy (non-hydrogen) atoms. The van der Waals surface area contributed by atoms with Crippen LogP contribution in [0, 0.1) is 11.8 Å². The van der Waals surface area contributed by atoms with Gasteiger partial charge >= 0.3 is 0 Å². The van der Waals surface area contributed by atoms with Crippen LogP contribution in [0.4, 0.5) is 0 Å². The average Bonchev–Trinajstić information content (AvgIpc) is 3.33. The van der Waals surface area contributed by atoms with Gasteiger partial charge in [-0.15, -0.1) is 11.3 Å². The summed E-state index contributed by atoms with van der Waals surface area (Å²) in [7, 11) is 0. The molecule has 178 valence electrons. The molecule has 0 bridgehead atoms. The number of carbonyl (C=O) groups excluding carboxylic acids is 2. The summed E-state index contributed by atoms with van der Waals surface area (Å²) >= 11 is 1.66. The van der Waals surface area contributed by atoms with Crippen molar-refractivity contribution < 1.29 is 9.59 Å². The normalized spacial score (nSPS) is 23.3. The minimum Gasteiger partial charge on any atom is -0.343 e. The molecule has 7 heteroatoms. The highest BCUT2D eigenvalue weighted by molar-refractivity contribution is 7.10. The first-order chi connectivity index (χ1) is 16.0. The quantitative estimate of drug-likeness (QED) is 0.679. The van der Waals surface area contributed by atoms with Crippen LogP contribution in [0.25, 0.3) is 0 Å². The fourth-order valence-electron chi connectivity index (χ4n) is 5.09. The van der Waals surface area contributed by atoms with Gasteiger partial charge in [0.1, 0.15) is 0 Å². The third-order valence-corrected chi connectivity index (χ3v) is 7.62. The molecule has 3 unspecified atom stereocenters. The fourth-order valence-corrected chi connectivity index (χ4v) is 5.90. The smallest absolute Gasteiger partial charge is 0.236 e. The maximum absolute atomic E-state index is 12.9. The van der Waals surface area contributed by atoms with Crippen molar-refractivity contribution in [2.24, 2.45) is 11.8 Å². The van der Waals surface area contributed by atoms with E-state index in [0.29, 0.717) is 24.9 Å². The van der Waals surface area contributed by atoms with Crippen molar-refractivity contribution in [1.29, 1.82) is 0 Å². The molecule has 2 saturated heterocycles. The largest absolute Gasteiger partial charge is 0.343 e. The van der Waals surface area contributed by atoms with Gasteiger partial charge in [-0.2, -0.15) is 0 Å². The second-order valence-electron chi connectivity index (χ2n) is 9.72. The molecule has 2 amide bonds. The maximum Gasteiger partial charge on any atom is 0.236 e. The number of hydrogen-bond acceptors (Lipinski definition) is 5. The molecule has 1 aromatic carbocycles. The molecule has 4 rings (SSSR count). The number of piperidine rings is 1. The summed E-state index contributed by atoms with van der Waals surface area (Å²) < 4.78 is 0. The topological polar surface area (TPSA) is 55.9 Å². The van der Waals surface area contributed by atoms with E-state index in [-0.39, 0.29) is 17.9 Å².